The maximum atomic E-state index is 4.86. The fraction of sp³-hybridized carbons (Fsp3) is 0.188. The van der Waals surface area contributed by atoms with Gasteiger partial charge in [-0.3, -0.25) is 4.99 Å². The molecule has 0 saturated heterocycles. The molecule has 0 heterocycles. The third kappa shape index (κ3) is 10.6. The lowest BCUT2D eigenvalue weighted by molar-refractivity contribution is 0.887. The van der Waals surface area contributed by atoms with Crippen LogP contribution in [0.15, 0.2) is 198 Å². The standard InChI is InChI=1S/C48H51N/c1-7-10-15-25-37(4)47(45(9-3)42-28-18-12-19-29-42)48(44-32-22-14-23-33-44)46(43-30-20-13-21-31-43)36-40(24-8-2)35-34-38(5)49-39(6)41-26-16-11-17-27-41/h7-13,15-22,24-33,35-37H,6,14,23,34H2,1-5H3/b10-7-,24-8-,25-15-,40-35+,45-9-,46-36+,48-47-,49-38?. The van der Waals surface area contributed by atoms with Gasteiger partial charge >= 0.3 is 0 Å². The van der Waals surface area contributed by atoms with Crippen LogP contribution in [0.1, 0.15) is 70.6 Å². The summed E-state index contributed by atoms with van der Waals surface area (Å²) < 4.78 is 0. The molecule has 0 N–H and O–H groups in total. The second kappa shape index (κ2) is 19.5. The van der Waals surface area contributed by atoms with Gasteiger partial charge in [0.2, 0.25) is 0 Å². The summed E-state index contributed by atoms with van der Waals surface area (Å²) in [5, 5.41) is 0. The van der Waals surface area contributed by atoms with Gasteiger partial charge in [-0.05, 0) is 96.7 Å². The van der Waals surface area contributed by atoms with Crippen LogP contribution in [0.2, 0.25) is 0 Å². The molecule has 0 radical (unpaired) electrons. The van der Waals surface area contributed by atoms with Gasteiger partial charge in [0, 0.05) is 18.1 Å². The van der Waals surface area contributed by atoms with Crippen LogP contribution in [0.3, 0.4) is 0 Å². The van der Waals surface area contributed by atoms with Crippen molar-refractivity contribution in [3.05, 3.63) is 209 Å². The van der Waals surface area contributed by atoms with Crippen LogP contribution in [-0.4, -0.2) is 5.71 Å². The molecule has 0 spiro atoms. The number of hydrogen-bond donors (Lipinski definition) is 0. The Hall–Kier alpha value is -5.27. The molecule has 0 aliphatic heterocycles. The minimum absolute atomic E-state index is 0.133. The zero-order valence-electron chi connectivity index (χ0n) is 29.9. The maximum absolute atomic E-state index is 4.86. The molecular weight excluding hydrogens is 591 g/mol. The Morgan fingerprint density at radius 3 is 1.94 bits per heavy atom. The molecule has 49 heavy (non-hydrogen) atoms. The maximum Gasteiger partial charge on any atom is 0.0629 e. The molecule has 3 aromatic carbocycles. The van der Waals surface area contributed by atoms with E-state index in [9.17, 15) is 0 Å². The molecule has 0 saturated carbocycles. The van der Waals surface area contributed by atoms with E-state index >= 15 is 0 Å². The molecule has 0 bridgehead atoms. The first-order chi connectivity index (χ1) is 24.0. The van der Waals surface area contributed by atoms with E-state index in [0.29, 0.717) is 6.42 Å². The van der Waals surface area contributed by atoms with E-state index in [4.69, 9.17) is 4.99 Å². The van der Waals surface area contributed by atoms with E-state index in [-0.39, 0.29) is 5.92 Å². The van der Waals surface area contributed by atoms with Crippen molar-refractivity contribution in [1.29, 1.82) is 0 Å². The Bertz CT molecular complexity index is 1850. The van der Waals surface area contributed by atoms with Crippen LogP contribution >= 0.6 is 0 Å². The smallest absolute Gasteiger partial charge is 0.0629 e. The van der Waals surface area contributed by atoms with E-state index in [0.717, 1.165) is 35.4 Å². The third-order valence-corrected chi connectivity index (χ3v) is 8.47. The Labute approximate surface area is 295 Å². The molecular formula is C48H51N. The Balaban J connectivity index is 2.00. The second-order valence-corrected chi connectivity index (χ2v) is 12.2. The molecule has 1 heteroatoms. The summed E-state index contributed by atoms with van der Waals surface area (Å²) in [7, 11) is 0. The van der Waals surface area contributed by atoms with Gasteiger partial charge in [0.15, 0.2) is 0 Å². The zero-order valence-corrected chi connectivity index (χ0v) is 29.9. The summed E-state index contributed by atoms with van der Waals surface area (Å²) in [4.78, 5) is 4.86. The monoisotopic (exact) mass is 641 g/mol. The summed E-state index contributed by atoms with van der Waals surface area (Å²) in [6, 6.07) is 31.8. The first-order valence-corrected chi connectivity index (χ1v) is 17.5. The lowest BCUT2D eigenvalue weighted by Gasteiger charge is -2.26. The van der Waals surface area contributed by atoms with Crippen molar-refractivity contribution in [3.63, 3.8) is 0 Å². The van der Waals surface area contributed by atoms with Crippen LogP contribution in [0.4, 0.5) is 0 Å². The number of benzene rings is 3. The Morgan fingerprint density at radius 2 is 1.39 bits per heavy atom. The first kappa shape index (κ1) is 36.6. The Morgan fingerprint density at radius 1 is 0.776 bits per heavy atom. The predicted molar refractivity (Wildman–Crippen MR) is 217 cm³/mol. The zero-order chi connectivity index (χ0) is 34.8. The van der Waals surface area contributed by atoms with Crippen molar-refractivity contribution in [3.8, 4) is 0 Å². The largest absolute Gasteiger partial charge is 0.258 e. The highest BCUT2D eigenvalue weighted by Gasteiger charge is 2.24. The van der Waals surface area contributed by atoms with Crippen molar-refractivity contribution in [1.82, 2.24) is 0 Å². The summed E-state index contributed by atoms with van der Waals surface area (Å²) in [6.07, 6.45) is 29.8. The van der Waals surface area contributed by atoms with Crippen molar-refractivity contribution in [2.45, 2.75) is 53.9 Å². The summed E-state index contributed by atoms with van der Waals surface area (Å²) in [6.45, 7) is 14.9. The molecule has 1 atom stereocenters. The van der Waals surface area contributed by atoms with Crippen molar-refractivity contribution in [2.24, 2.45) is 10.9 Å². The van der Waals surface area contributed by atoms with Gasteiger partial charge < -0.3 is 0 Å². The molecule has 4 rings (SSSR count). The summed E-state index contributed by atoms with van der Waals surface area (Å²) in [5.74, 6) is 0.133. The number of rotatable bonds is 14. The quantitative estimate of drug-likeness (QED) is 0.123. The minimum atomic E-state index is 0.133. The van der Waals surface area contributed by atoms with Crippen molar-refractivity contribution >= 4 is 22.6 Å². The first-order valence-electron chi connectivity index (χ1n) is 17.5. The minimum Gasteiger partial charge on any atom is -0.258 e. The number of nitrogens with zero attached hydrogens (tertiary/aromatic N) is 1. The number of allylic oxidation sites excluding steroid dienone is 18. The van der Waals surface area contributed by atoms with Gasteiger partial charge in [-0.25, -0.2) is 0 Å². The average Bonchev–Trinajstić information content (AvgIpc) is 3.14. The second-order valence-electron chi connectivity index (χ2n) is 12.2. The molecule has 1 aliphatic carbocycles. The lowest BCUT2D eigenvalue weighted by atomic mass is 9.77. The highest BCUT2D eigenvalue weighted by molar-refractivity contribution is 5.95. The van der Waals surface area contributed by atoms with Gasteiger partial charge in [0.1, 0.15) is 0 Å². The van der Waals surface area contributed by atoms with Crippen molar-refractivity contribution in [2.75, 3.05) is 0 Å². The van der Waals surface area contributed by atoms with E-state index in [1.807, 2.05) is 18.2 Å². The molecule has 1 nitrogen and oxygen atoms in total. The van der Waals surface area contributed by atoms with Gasteiger partial charge in [-0.2, -0.15) is 0 Å². The van der Waals surface area contributed by atoms with Crippen LogP contribution in [0, 0.1) is 5.92 Å². The normalized spacial score (nSPS) is 16.0. The SMILES string of the molecule is C=C(N=C(C)C/C=C(\C=C/C)/C=C(/C(C1=CCCC=C1)=C(\C(=C/C)c1ccccc1)C(C)/C=C\C=C/C)c1ccccc1)c1ccccc1. The third-order valence-electron chi connectivity index (χ3n) is 8.47. The molecule has 0 amide bonds. The molecule has 0 fully saturated rings. The predicted octanol–water partition coefficient (Wildman–Crippen LogP) is 13.5. The van der Waals surface area contributed by atoms with E-state index in [1.165, 1.54) is 39.0 Å². The van der Waals surface area contributed by atoms with E-state index in [1.54, 1.807) is 0 Å². The molecule has 1 unspecified atom stereocenters. The Kier molecular flexibility index (Phi) is 14.6. The number of hydrogen-bond acceptors (Lipinski definition) is 1. The van der Waals surface area contributed by atoms with Crippen LogP contribution < -0.4 is 0 Å². The van der Waals surface area contributed by atoms with Crippen LogP contribution in [0.5, 0.6) is 0 Å². The highest BCUT2D eigenvalue weighted by atomic mass is 14.7. The summed E-state index contributed by atoms with van der Waals surface area (Å²) in [5.41, 5.74) is 12.6. The molecule has 1 aliphatic rings. The molecule has 3 aromatic rings. The molecule has 248 valence electrons. The fourth-order valence-electron chi connectivity index (χ4n) is 6.08. The van der Waals surface area contributed by atoms with Crippen molar-refractivity contribution < 1.29 is 0 Å². The van der Waals surface area contributed by atoms with Gasteiger partial charge in [-0.1, -0.05) is 171 Å². The highest BCUT2D eigenvalue weighted by Crippen LogP contribution is 2.42. The topological polar surface area (TPSA) is 12.4 Å². The van der Waals surface area contributed by atoms with E-state index in [2.05, 4.69) is 187 Å². The summed E-state index contributed by atoms with van der Waals surface area (Å²) >= 11 is 0. The average molecular weight is 642 g/mol. The number of aliphatic imine (C=N–C) groups is 1. The van der Waals surface area contributed by atoms with Gasteiger partial charge in [0.05, 0.1) is 5.70 Å². The van der Waals surface area contributed by atoms with Crippen LogP contribution in [-0.2, 0) is 0 Å². The van der Waals surface area contributed by atoms with Gasteiger partial charge in [0.25, 0.3) is 0 Å². The lowest BCUT2D eigenvalue weighted by Crippen LogP contribution is -2.09. The molecule has 0 aromatic heterocycles. The van der Waals surface area contributed by atoms with E-state index < -0.39 is 0 Å². The fourth-order valence-corrected chi connectivity index (χ4v) is 6.08. The van der Waals surface area contributed by atoms with Crippen LogP contribution in [0.25, 0.3) is 16.8 Å². The van der Waals surface area contributed by atoms with Gasteiger partial charge in [-0.15, -0.1) is 0 Å².